The Labute approximate surface area is 146 Å². The lowest BCUT2D eigenvalue weighted by molar-refractivity contribution is 0.0724. The Morgan fingerprint density at radius 1 is 1.08 bits per heavy atom. The molecule has 6 heteroatoms. The van der Waals surface area contributed by atoms with Crippen molar-refractivity contribution in [3.63, 3.8) is 0 Å². The highest BCUT2D eigenvalue weighted by Crippen LogP contribution is 2.15. The first-order valence-corrected chi connectivity index (χ1v) is 8.23. The Kier molecular flexibility index (Phi) is 5.05. The maximum Gasteiger partial charge on any atom is 0.257 e. The van der Waals surface area contributed by atoms with E-state index in [0.29, 0.717) is 22.4 Å². The van der Waals surface area contributed by atoms with E-state index in [-0.39, 0.29) is 11.8 Å². The second-order valence-corrected chi connectivity index (χ2v) is 5.96. The van der Waals surface area contributed by atoms with Gasteiger partial charge in [-0.1, -0.05) is 6.07 Å². The number of hydrogen-bond donors (Lipinski definition) is 1. The minimum absolute atomic E-state index is 0.0895. The van der Waals surface area contributed by atoms with Crippen LogP contribution in [0.3, 0.4) is 0 Å². The molecule has 0 radical (unpaired) electrons. The highest BCUT2D eigenvalue weighted by Gasteiger charge is 2.19. The van der Waals surface area contributed by atoms with E-state index in [1.165, 1.54) is 12.4 Å². The normalized spacial score (nSPS) is 13.8. The van der Waals surface area contributed by atoms with Gasteiger partial charge in [-0.25, -0.2) is 0 Å². The topological polar surface area (TPSA) is 86.1 Å². The smallest absolute Gasteiger partial charge is 0.257 e. The fraction of sp³-hybridized carbons (Fsp3) is 0.263. The van der Waals surface area contributed by atoms with E-state index in [1.807, 2.05) is 6.07 Å². The van der Waals surface area contributed by atoms with E-state index in [1.54, 1.807) is 35.2 Å². The molecule has 1 aromatic carbocycles. The molecular formula is C19H18N4O2. The van der Waals surface area contributed by atoms with Crippen LogP contribution in [0.4, 0.5) is 5.69 Å². The Bertz CT molecular complexity index is 835. The number of nitriles is 1. The molecule has 1 aliphatic heterocycles. The molecule has 2 heterocycles. The molecule has 0 saturated carbocycles. The zero-order valence-corrected chi connectivity index (χ0v) is 13.7. The first-order chi connectivity index (χ1) is 12.2. The van der Waals surface area contributed by atoms with Gasteiger partial charge in [-0.05, 0) is 43.5 Å². The van der Waals surface area contributed by atoms with Crippen molar-refractivity contribution in [2.45, 2.75) is 19.3 Å². The Hall–Kier alpha value is -3.20. The van der Waals surface area contributed by atoms with Crippen LogP contribution < -0.4 is 5.32 Å². The maximum absolute atomic E-state index is 12.5. The first kappa shape index (κ1) is 16.7. The van der Waals surface area contributed by atoms with Gasteiger partial charge in [-0.15, -0.1) is 0 Å². The van der Waals surface area contributed by atoms with Crippen LogP contribution in [0.15, 0.2) is 42.7 Å². The van der Waals surface area contributed by atoms with Crippen LogP contribution in [-0.4, -0.2) is 34.8 Å². The number of amides is 2. The summed E-state index contributed by atoms with van der Waals surface area (Å²) in [6, 6.07) is 10.2. The van der Waals surface area contributed by atoms with Gasteiger partial charge in [-0.3, -0.25) is 14.6 Å². The summed E-state index contributed by atoms with van der Waals surface area (Å²) < 4.78 is 0. The molecule has 2 aromatic rings. The van der Waals surface area contributed by atoms with Gasteiger partial charge in [0.05, 0.1) is 22.8 Å². The zero-order valence-electron chi connectivity index (χ0n) is 13.7. The number of likely N-dealkylation sites (tertiary alicyclic amines) is 1. The number of hydrogen-bond acceptors (Lipinski definition) is 4. The van der Waals surface area contributed by atoms with Crippen molar-refractivity contribution in [2.75, 3.05) is 18.4 Å². The van der Waals surface area contributed by atoms with Crippen molar-refractivity contribution in [3.8, 4) is 6.07 Å². The fourth-order valence-corrected chi connectivity index (χ4v) is 2.83. The molecule has 25 heavy (non-hydrogen) atoms. The first-order valence-electron chi connectivity index (χ1n) is 8.23. The average molecular weight is 334 g/mol. The maximum atomic E-state index is 12.5. The minimum atomic E-state index is -0.365. The third-order valence-corrected chi connectivity index (χ3v) is 4.14. The highest BCUT2D eigenvalue weighted by atomic mass is 16.2. The SMILES string of the molecule is N#Cc1cccc(NC(=O)c2cncc(C(=O)N3CCCCC3)c2)c1. The molecule has 0 bridgehead atoms. The molecule has 1 aliphatic rings. The number of pyridine rings is 1. The van der Waals surface area contributed by atoms with Crippen molar-refractivity contribution in [1.29, 1.82) is 5.26 Å². The van der Waals surface area contributed by atoms with Crippen molar-refractivity contribution in [3.05, 3.63) is 59.4 Å². The van der Waals surface area contributed by atoms with Crippen LogP contribution in [0, 0.1) is 11.3 Å². The van der Waals surface area contributed by atoms with Gasteiger partial charge in [0.1, 0.15) is 0 Å². The number of piperidine rings is 1. The van der Waals surface area contributed by atoms with Crippen LogP contribution in [0.25, 0.3) is 0 Å². The Balaban J connectivity index is 1.75. The van der Waals surface area contributed by atoms with Gasteiger partial charge in [0, 0.05) is 31.2 Å². The van der Waals surface area contributed by atoms with Gasteiger partial charge < -0.3 is 10.2 Å². The number of aromatic nitrogens is 1. The van der Waals surface area contributed by atoms with Gasteiger partial charge in [0.2, 0.25) is 0 Å². The molecule has 1 fully saturated rings. The predicted octanol–water partition coefficient (Wildman–Crippen LogP) is 2.83. The summed E-state index contributed by atoms with van der Waals surface area (Å²) in [6.45, 7) is 1.49. The van der Waals surface area contributed by atoms with E-state index in [0.717, 1.165) is 32.4 Å². The zero-order chi connectivity index (χ0) is 17.6. The molecule has 2 amide bonds. The van der Waals surface area contributed by atoms with E-state index >= 15 is 0 Å². The van der Waals surface area contributed by atoms with E-state index in [4.69, 9.17) is 5.26 Å². The number of nitrogens with one attached hydrogen (secondary N) is 1. The van der Waals surface area contributed by atoms with E-state index in [9.17, 15) is 9.59 Å². The van der Waals surface area contributed by atoms with Crippen molar-refractivity contribution < 1.29 is 9.59 Å². The van der Waals surface area contributed by atoms with Crippen LogP contribution >= 0.6 is 0 Å². The number of nitrogens with zero attached hydrogens (tertiary/aromatic N) is 3. The van der Waals surface area contributed by atoms with Crippen LogP contribution in [-0.2, 0) is 0 Å². The molecule has 1 aromatic heterocycles. The summed E-state index contributed by atoms with van der Waals surface area (Å²) in [4.78, 5) is 30.8. The lowest BCUT2D eigenvalue weighted by Crippen LogP contribution is -2.35. The van der Waals surface area contributed by atoms with E-state index in [2.05, 4.69) is 10.3 Å². The monoisotopic (exact) mass is 334 g/mol. The molecule has 6 nitrogen and oxygen atoms in total. The standard InChI is InChI=1S/C19H18N4O2/c20-11-14-5-4-6-17(9-14)22-18(24)15-10-16(13-21-12-15)19(25)23-7-2-1-3-8-23/h4-6,9-10,12-13H,1-3,7-8H2,(H,22,24). The average Bonchev–Trinajstić information content (AvgIpc) is 2.68. The number of rotatable bonds is 3. The van der Waals surface area contributed by atoms with Gasteiger partial charge in [-0.2, -0.15) is 5.26 Å². The Morgan fingerprint density at radius 2 is 1.84 bits per heavy atom. The van der Waals surface area contributed by atoms with Crippen molar-refractivity contribution >= 4 is 17.5 Å². The molecule has 0 spiro atoms. The van der Waals surface area contributed by atoms with Gasteiger partial charge >= 0.3 is 0 Å². The number of anilines is 1. The second-order valence-electron chi connectivity index (χ2n) is 5.96. The quantitative estimate of drug-likeness (QED) is 0.935. The number of carbonyl (C=O) groups excluding carboxylic acids is 2. The summed E-state index contributed by atoms with van der Waals surface area (Å²) in [5.41, 5.74) is 1.72. The second kappa shape index (κ2) is 7.58. The molecule has 1 saturated heterocycles. The molecule has 0 atom stereocenters. The minimum Gasteiger partial charge on any atom is -0.339 e. The lowest BCUT2D eigenvalue weighted by Gasteiger charge is -2.26. The van der Waals surface area contributed by atoms with Crippen LogP contribution in [0.1, 0.15) is 45.5 Å². The van der Waals surface area contributed by atoms with Gasteiger partial charge in [0.15, 0.2) is 0 Å². The molecule has 1 N–H and O–H groups in total. The summed E-state index contributed by atoms with van der Waals surface area (Å²) >= 11 is 0. The summed E-state index contributed by atoms with van der Waals surface area (Å²) in [5, 5.41) is 11.6. The van der Waals surface area contributed by atoms with E-state index < -0.39 is 0 Å². The number of carbonyl (C=O) groups is 2. The third kappa shape index (κ3) is 4.01. The predicted molar refractivity (Wildman–Crippen MR) is 93.1 cm³/mol. The molecule has 3 rings (SSSR count). The van der Waals surface area contributed by atoms with Crippen LogP contribution in [0.5, 0.6) is 0 Å². The van der Waals surface area contributed by atoms with Crippen LogP contribution in [0.2, 0.25) is 0 Å². The number of benzene rings is 1. The summed E-state index contributed by atoms with van der Waals surface area (Å²) in [7, 11) is 0. The largest absolute Gasteiger partial charge is 0.339 e. The highest BCUT2D eigenvalue weighted by molar-refractivity contribution is 6.05. The molecule has 126 valence electrons. The third-order valence-electron chi connectivity index (χ3n) is 4.14. The summed E-state index contributed by atoms with van der Waals surface area (Å²) in [6.07, 6.45) is 6.08. The molecular weight excluding hydrogens is 316 g/mol. The molecule has 0 unspecified atom stereocenters. The van der Waals surface area contributed by atoms with Gasteiger partial charge in [0.25, 0.3) is 11.8 Å². The fourth-order valence-electron chi connectivity index (χ4n) is 2.83. The Morgan fingerprint density at radius 3 is 2.60 bits per heavy atom. The van der Waals surface area contributed by atoms with Crippen molar-refractivity contribution in [1.82, 2.24) is 9.88 Å². The molecule has 0 aliphatic carbocycles. The summed E-state index contributed by atoms with van der Waals surface area (Å²) in [5.74, 6) is -0.454. The lowest BCUT2D eigenvalue weighted by atomic mass is 10.1. The van der Waals surface area contributed by atoms with Crippen molar-refractivity contribution in [2.24, 2.45) is 0 Å².